The Balaban J connectivity index is 1.28. The third-order valence-corrected chi connectivity index (χ3v) is 7.52. The minimum atomic E-state index is -0.879. The molecule has 210 valence electrons. The Morgan fingerprint density at radius 3 is 2.45 bits per heavy atom. The lowest BCUT2D eigenvalue weighted by Crippen LogP contribution is -2.37. The molecule has 2 aliphatic heterocycles. The number of rotatable bonds is 8. The van der Waals surface area contributed by atoms with Crippen molar-refractivity contribution < 1.29 is 23.1 Å². The smallest absolute Gasteiger partial charge is 0.323 e. The summed E-state index contributed by atoms with van der Waals surface area (Å²) in [6.07, 6.45) is 4.95. The zero-order chi connectivity index (χ0) is 27.9. The van der Waals surface area contributed by atoms with Gasteiger partial charge in [0.05, 0.1) is 17.4 Å². The molecule has 0 aliphatic carbocycles. The van der Waals surface area contributed by atoms with Crippen LogP contribution in [0.25, 0.3) is 0 Å². The summed E-state index contributed by atoms with van der Waals surface area (Å²) >= 11 is 0. The van der Waals surface area contributed by atoms with E-state index in [0.717, 1.165) is 63.0 Å². The molecule has 0 radical (unpaired) electrons. The van der Waals surface area contributed by atoms with Crippen LogP contribution in [0, 0.1) is 17.6 Å². The molecule has 3 aromatic carbocycles. The monoisotopic (exact) mass is 548 g/mol. The predicted molar refractivity (Wildman–Crippen MR) is 152 cm³/mol. The van der Waals surface area contributed by atoms with Crippen LogP contribution < -0.4 is 20.9 Å². The molecule has 2 aliphatic rings. The number of benzene rings is 3. The van der Waals surface area contributed by atoms with Crippen molar-refractivity contribution in [2.45, 2.75) is 38.2 Å². The summed E-state index contributed by atoms with van der Waals surface area (Å²) in [5.74, 6) is -1.28. The van der Waals surface area contributed by atoms with E-state index in [2.05, 4.69) is 45.1 Å². The van der Waals surface area contributed by atoms with E-state index in [1.54, 1.807) is 12.1 Å². The van der Waals surface area contributed by atoms with E-state index in [-0.39, 0.29) is 17.7 Å². The van der Waals surface area contributed by atoms with E-state index in [1.165, 1.54) is 5.56 Å². The van der Waals surface area contributed by atoms with Crippen LogP contribution >= 0.6 is 0 Å². The fourth-order valence-corrected chi connectivity index (χ4v) is 5.38. The van der Waals surface area contributed by atoms with Crippen molar-refractivity contribution in [3.05, 3.63) is 89.5 Å². The zero-order valence-corrected chi connectivity index (χ0v) is 22.3. The Hall–Kier alpha value is -3.98. The number of urea groups is 1. The minimum absolute atomic E-state index is 0.00109. The van der Waals surface area contributed by atoms with E-state index in [1.807, 2.05) is 12.1 Å². The fraction of sp³-hybridized carbons (Fsp3) is 0.355. The number of carbonyl (C=O) groups is 2. The Labute approximate surface area is 232 Å². The molecule has 7 nitrogen and oxygen atoms in total. The van der Waals surface area contributed by atoms with Gasteiger partial charge in [0.25, 0.3) is 5.91 Å². The van der Waals surface area contributed by atoms with Crippen molar-refractivity contribution in [3.63, 3.8) is 0 Å². The van der Waals surface area contributed by atoms with Crippen LogP contribution in [0.4, 0.5) is 30.6 Å². The average molecular weight is 549 g/mol. The van der Waals surface area contributed by atoms with Crippen molar-refractivity contribution in [1.82, 2.24) is 5.32 Å². The van der Waals surface area contributed by atoms with Gasteiger partial charge in [-0.15, -0.1) is 0 Å². The molecule has 3 aromatic rings. The van der Waals surface area contributed by atoms with E-state index in [0.29, 0.717) is 36.4 Å². The molecule has 0 aromatic heterocycles. The van der Waals surface area contributed by atoms with Gasteiger partial charge in [-0.05, 0) is 73.9 Å². The number of carbonyl (C=O) groups excluding carboxylic acids is 2. The molecule has 40 heavy (non-hydrogen) atoms. The molecule has 0 unspecified atom stereocenters. The highest BCUT2D eigenvalue weighted by molar-refractivity contribution is 6.04. The highest BCUT2D eigenvalue weighted by Crippen LogP contribution is 2.30. The first-order chi connectivity index (χ1) is 19.4. The Morgan fingerprint density at radius 2 is 1.73 bits per heavy atom. The lowest BCUT2D eigenvalue weighted by molar-refractivity contribution is 0.0858. The first kappa shape index (κ1) is 27.6. The first-order valence-electron chi connectivity index (χ1n) is 13.8. The van der Waals surface area contributed by atoms with Gasteiger partial charge in [-0.25, -0.2) is 13.6 Å². The quantitative estimate of drug-likeness (QED) is 0.324. The molecule has 0 spiro atoms. The molecule has 5 rings (SSSR count). The van der Waals surface area contributed by atoms with E-state index in [9.17, 15) is 18.4 Å². The molecule has 9 heteroatoms. The number of nitrogens with one attached hydrogen (secondary N) is 3. The molecular formula is C31H34F2N4O3. The topological polar surface area (TPSA) is 82.7 Å². The standard InChI is InChI=1S/C31H34F2N4O3/c32-23-8-10-28(27(33)18-23)36-31(39)35-24-9-11-29(26(19-24)30(38)34-20-25-7-4-16-40-25)37-14-12-22(13-15-37)17-21-5-2-1-3-6-21/h1-3,5-6,8-11,18-19,22,25H,4,7,12-17,20H2,(H,34,38)(H2,35,36,39)/t25-/m1/s1. The highest BCUT2D eigenvalue weighted by atomic mass is 19.1. The average Bonchev–Trinajstić information content (AvgIpc) is 3.48. The Kier molecular flexibility index (Phi) is 8.91. The van der Waals surface area contributed by atoms with Crippen LogP contribution in [-0.4, -0.2) is 44.3 Å². The van der Waals surface area contributed by atoms with Gasteiger partial charge in [0, 0.05) is 43.7 Å². The van der Waals surface area contributed by atoms with E-state index >= 15 is 0 Å². The minimum Gasteiger partial charge on any atom is -0.376 e. The molecule has 2 heterocycles. The van der Waals surface area contributed by atoms with Gasteiger partial charge in [0.2, 0.25) is 0 Å². The molecule has 2 fully saturated rings. The van der Waals surface area contributed by atoms with Crippen LogP contribution in [0.2, 0.25) is 0 Å². The molecule has 0 bridgehead atoms. The van der Waals surface area contributed by atoms with Crippen LogP contribution in [0.5, 0.6) is 0 Å². The van der Waals surface area contributed by atoms with Gasteiger partial charge in [-0.2, -0.15) is 0 Å². The normalized spacial score (nSPS) is 17.4. The number of halogens is 2. The first-order valence-corrected chi connectivity index (χ1v) is 13.8. The summed E-state index contributed by atoms with van der Waals surface area (Å²) in [7, 11) is 0. The molecule has 2 saturated heterocycles. The number of nitrogens with zero attached hydrogens (tertiary/aromatic N) is 1. The van der Waals surface area contributed by atoms with Gasteiger partial charge in [-0.1, -0.05) is 30.3 Å². The highest BCUT2D eigenvalue weighted by Gasteiger charge is 2.25. The third-order valence-electron chi connectivity index (χ3n) is 7.52. The Bertz CT molecular complexity index is 1320. The lowest BCUT2D eigenvalue weighted by atomic mass is 9.89. The zero-order valence-electron chi connectivity index (χ0n) is 22.3. The predicted octanol–water partition coefficient (Wildman–Crippen LogP) is 5.98. The van der Waals surface area contributed by atoms with Gasteiger partial charge in [0.1, 0.15) is 11.6 Å². The second-order valence-electron chi connectivity index (χ2n) is 10.4. The van der Waals surface area contributed by atoms with Crippen molar-refractivity contribution in [3.8, 4) is 0 Å². The number of hydrogen-bond acceptors (Lipinski definition) is 4. The maximum Gasteiger partial charge on any atom is 0.323 e. The summed E-state index contributed by atoms with van der Waals surface area (Å²) in [6.45, 7) is 2.76. The summed E-state index contributed by atoms with van der Waals surface area (Å²) in [5, 5.41) is 8.03. The molecule has 1 atom stereocenters. The van der Waals surface area contributed by atoms with Crippen LogP contribution in [0.3, 0.4) is 0 Å². The van der Waals surface area contributed by atoms with Gasteiger partial charge < -0.3 is 25.6 Å². The lowest BCUT2D eigenvalue weighted by Gasteiger charge is -2.35. The Morgan fingerprint density at radius 1 is 0.925 bits per heavy atom. The van der Waals surface area contributed by atoms with E-state index in [4.69, 9.17) is 4.74 Å². The third kappa shape index (κ3) is 7.15. The number of anilines is 3. The second kappa shape index (κ2) is 12.9. The van der Waals surface area contributed by atoms with E-state index < -0.39 is 17.7 Å². The summed E-state index contributed by atoms with van der Waals surface area (Å²) in [5.41, 5.74) is 2.82. The number of amides is 3. The summed E-state index contributed by atoms with van der Waals surface area (Å²) in [4.78, 5) is 28.2. The summed E-state index contributed by atoms with van der Waals surface area (Å²) in [6, 6.07) is 17.9. The fourth-order valence-electron chi connectivity index (χ4n) is 5.38. The molecular weight excluding hydrogens is 514 g/mol. The molecule has 3 amide bonds. The van der Waals surface area contributed by atoms with Crippen LogP contribution in [-0.2, 0) is 11.2 Å². The second-order valence-corrected chi connectivity index (χ2v) is 10.4. The number of hydrogen-bond donors (Lipinski definition) is 3. The van der Waals surface area contributed by atoms with Gasteiger partial charge in [-0.3, -0.25) is 4.79 Å². The largest absolute Gasteiger partial charge is 0.376 e. The summed E-state index contributed by atoms with van der Waals surface area (Å²) < 4.78 is 32.8. The molecule has 3 N–H and O–H groups in total. The van der Waals surface area contributed by atoms with Crippen molar-refractivity contribution in [1.29, 1.82) is 0 Å². The van der Waals surface area contributed by atoms with Crippen LogP contribution in [0.15, 0.2) is 66.7 Å². The maximum absolute atomic E-state index is 14.0. The SMILES string of the molecule is O=C(Nc1ccc(N2CCC(Cc3ccccc3)CC2)c(C(=O)NC[C@H]2CCCO2)c1)Nc1ccc(F)cc1F. The van der Waals surface area contributed by atoms with Crippen molar-refractivity contribution in [2.75, 3.05) is 41.8 Å². The van der Waals surface area contributed by atoms with Crippen molar-refractivity contribution in [2.24, 2.45) is 5.92 Å². The number of ether oxygens (including phenoxy) is 1. The van der Waals surface area contributed by atoms with Gasteiger partial charge in [0.15, 0.2) is 0 Å². The van der Waals surface area contributed by atoms with Crippen molar-refractivity contribution >= 4 is 29.0 Å². The van der Waals surface area contributed by atoms with Crippen LogP contribution in [0.1, 0.15) is 41.6 Å². The molecule has 0 saturated carbocycles. The van der Waals surface area contributed by atoms with Gasteiger partial charge >= 0.3 is 6.03 Å². The number of piperidine rings is 1. The maximum atomic E-state index is 14.0.